The number of allylic oxidation sites excluding steroid dienone is 2. The molecule has 1 aromatic carbocycles. The molecule has 4 saturated carbocycles. The minimum Gasteiger partial charge on any atom is -0.481 e. The number of carboxylic acids is 1. The van der Waals surface area contributed by atoms with Gasteiger partial charge in [-0.25, -0.2) is 0 Å². The van der Waals surface area contributed by atoms with Crippen LogP contribution in [0.1, 0.15) is 70.8 Å². The lowest BCUT2D eigenvalue weighted by Crippen LogP contribution is -2.61. The summed E-state index contributed by atoms with van der Waals surface area (Å²) in [6.07, 6.45) is 11.9. The molecule has 32 heavy (non-hydrogen) atoms. The fraction of sp³-hybridized carbons (Fsp3) is 0.586. The van der Waals surface area contributed by atoms with Crippen LogP contribution < -0.4 is 0 Å². The van der Waals surface area contributed by atoms with Crippen LogP contribution in [-0.4, -0.2) is 16.9 Å². The zero-order valence-corrected chi connectivity index (χ0v) is 19.5. The minimum atomic E-state index is -1.01. The van der Waals surface area contributed by atoms with Gasteiger partial charge < -0.3 is 5.11 Å². The van der Waals surface area contributed by atoms with E-state index >= 15 is 0 Å². The minimum absolute atomic E-state index is 0.0130. The molecule has 170 valence electrons. The molecule has 0 amide bonds. The predicted molar refractivity (Wildman–Crippen MR) is 127 cm³/mol. The third-order valence-corrected chi connectivity index (χ3v) is 10.3. The topological polar surface area (TPSA) is 54.4 Å². The van der Waals surface area contributed by atoms with Crippen LogP contribution in [0.4, 0.5) is 0 Å². The number of carboxylic acid groups (broad SMARTS) is 1. The lowest BCUT2D eigenvalue weighted by atomic mass is 9.39. The van der Waals surface area contributed by atoms with E-state index in [9.17, 15) is 14.7 Å². The number of hydrogen-bond donors (Lipinski definition) is 1. The van der Waals surface area contributed by atoms with Gasteiger partial charge in [-0.05, 0) is 98.5 Å². The highest BCUT2D eigenvalue weighted by atomic mass is 16.4. The molecule has 3 nitrogen and oxygen atoms in total. The van der Waals surface area contributed by atoms with Gasteiger partial charge in [-0.2, -0.15) is 0 Å². The average Bonchev–Trinajstić information content (AvgIpc) is 3.00. The van der Waals surface area contributed by atoms with Crippen LogP contribution >= 0.6 is 0 Å². The standard InChI is InChI=1S/C29H36O3/c1-19-17-29-16-14-24-27(2,25(29)12-10-21(19)18-29)15-13-22(28(24,3)26(31)32)23(30)11-9-20-7-5-4-6-8-20/h4-9,11,21-22,24-25H,1,10,12-18H2,2-3H3,(H,31,32)/b11-9+/t21-,22+,24+,25+,27-,28+,29-/m1/s1. The van der Waals surface area contributed by atoms with Gasteiger partial charge in [0.15, 0.2) is 5.78 Å². The smallest absolute Gasteiger partial charge is 0.310 e. The van der Waals surface area contributed by atoms with Crippen molar-refractivity contribution < 1.29 is 14.7 Å². The molecule has 3 heteroatoms. The molecule has 0 aliphatic heterocycles. The van der Waals surface area contributed by atoms with Gasteiger partial charge in [0.2, 0.25) is 0 Å². The van der Waals surface area contributed by atoms with Crippen LogP contribution in [0.3, 0.4) is 0 Å². The first kappa shape index (κ1) is 21.7. The van der Waals surface area contributed by atoms with Crippen molar-refractivity contribution >= 4 is 17.8 Å². The van der Waals surface area contributed by atoms with Crippen LogP contribution in [-0.2, 0) is 9.59 Å². The number of benzene rings is 1. The third-order valence-electron chi connectivity index (χ3n) is 10.3. The highest BCUT2D eigenvalue weighted by molar-refractivity contribution is 5.98. The van der Waals surface area contributed by atoms with Gasteiger partial charge in [-0.15, -0.1) is 0 Å². The molecule has 5 rings (SSSR count). The zero-order valence-electron chi connectivity index (χ0n) is 19.5. The summed E-state index contributed by atoms with van der Waals surface area (Å²) in [6.45, 7) is 8.65. The Bertz CT molecular complexity index is 977. The Morgan fingerprint density at radius 2 is 1.78 bits per heavy atom. The highest BCUT2D eigenvalue weighted by Gasteiger charge is 2.67. The summed E-state index contributed by atoms with van der Waals surface area (Å²) in [6, 6.07) is 9.77. The van der Waals surface area contributed by atoms with Crippen molar-refractivity contribution in [2.45, 2.75) is 65.2 Å². The Morgan fingerprint density at radius 1 is 1.03 bits per heavy atom. The van der Waals surface area contributed by atoms with Crippen molar-refractivity contribution in [3.63, 3.8) is 0 Å². The van der Waals surface area contributed by atoms with E-state index in [2.05, 4.69) is 13.5 Å². The molecule has 0 unspecified atom stereocenters. The fourth-order valence-electron chi connectivity index (χ4n) is 8.87. The first-order chi connectivity index (χ1) is 15.2. The molecule has 1 aromatic rings. The monoisotopic (exact) mass is 432 g/mol. The second-order valence-corrected chi connectivity index (χ2v) is 11.7. The first-order valence-corrected chi connectivity index (χ1v) is 12.4. The second-order valence-electron chi connectivity index (χ2n) is 11.7. The van der Waals surface area contributed by atoms with E-state index in [0.29, 0.717) is 23.7 Å². The summed E-state index contributed by atoms with van der Waals surface area (Å²) in [5.74, 6) is -0.000123. The van der Waals surface area contributed by atoms with Crippen molar-refractivity contribution in [3.05, 3.63) is 54.1 Å². The molecule has 4 fully saturated rings. The van der Waals surface area contributed by atoms with Gasteiger partial charge in [0.1, 0.15) is 0 Å². The molecular weight excluding hydrogens is 396 g/mol. The maximum atomic E-state index is 13.4. The van der Waals surface area contributed by atoms with Gasteiger partial charge in [-0.1, -0.05) is 55.5 Å². The summed E-state index contributed by atoms with van der Waals surface area (Å²) in [7, 11) is 0. The quantitative estimate of drug-likeness (QED) is 0.434. The number of hydrogen-bond acceptors (Lipinski definition) is 2. The fourth-order valence-corrected chi connectivity index (χ4v) is 8.87. The van der Waals surface area contributed by atoms with E-state index in [-0.39, 0.29) is 17.1 Å². The molecule has 0 radical (unpaired) electrons. The summed E-state index contributed by atoms with van der Waals surface area (Å²) < 4.78 is 0. The van der Waals surface area contributed by atoms with Crippen LogP contribution in [0.25, 0.3) is 6.08 Å². The first-order valence-electron chi connectivity index (χ1n) is 12.4. The molecule has 1 spiro atoms. The van der Waals surface area contributed by atoms with Gasteiger partial charge in [0.25, 0.3) is 0 Å². The van der Waals surface area contributed by atoms with Crippen molar-refractivity contribution in [2.24, 2.45) is 39.9 Å². The molecule has 0 heterocycles. The molecule has 4 aliphatic carbocycles. The SMILES string of the molecule is C=C1C[C@@]23CC[C@H]4[C@@](C)(CC[C@@H](C(=O)/C=C/c5ccccc5)[C@]4(C)C(=O)O)[C@@H]2CC[C@@H]1C3. The average molecular weight is 433 g/mol. The number of ketones is 1. The molecule has 1 N–H and O–H groups in total. The van der Waals surface area contributed by atoms with Gasteiger partial charge in [-0.3, -0.25) is 9.59 Å². The van der Waals surface area contributed by atoms with Crippen molar-refractivity contribution in [1.82, 2.24) is 0 Å². The van der Waals surface area contributed by atoms with Gasteiger partial charge in [0, 0.05) is 5.92 Å². The number of fused-ring (bicyclic) bond motifs is 3. The zero-order chi connectivity index (χ0) is 22.7. The molecule has 4 aliphatic rings. The van der Waals surface area contributed by atoms with E-state index in [1.165, 1.54) is 24.8 Å². The largest absolute Gasteiger partial charge is 0.481 e. The maximum absolute atomic E-state index is 13.4. The molecular formula is C29H36O3. The predicted octanol–water partition coefficient (Wildman–Crippen LogP) is 6.55. The van der Waals surface area contributed by atoms with Crippen LogP contribution in [0.5, 0.6) is 0 Å². The molecule has 0 saturated heterocycles. The van der Waals surface area contributed by atoms with Gasteiger partial charge in [0.05, 0.1) is 5.41 Å². The normalized spacial score (nSPS) is 43.0. The molecule has 7 atom stereocenters. The Balaban J connectivity index is 1.46. The van der Waals surface area contributed by atoms with E-state index in [1.807, 2.05) is 43.3 Å². The summed E-state index contributed by atoms with van der Waals surface area (Å²) in [5, 5.41) is 10.5. The van der Waals surface area contributed by atoms with Crippen LogP contribution in [0.2, 0.25) is 0 Å². The third kappa shape index (κ3) is 2.99. The number of carbonyl (C=O) groups is 2. The Hall–Kier alpha value is -2.16. The highest BCUT2D eigenvalue weighted by Crippen LogP contribution is 2.72. The lowest BCUT2D eigenvalue weighted by molar-refractivity contribution is -0.193. The van der Waals surface area contributed by atoms with E-state index < -0.39 is 17.3 Å². The summed E-state index contributed by atoms with van der Waals surface area (Å²) in [4.78, 5) is 26.2. The number of aliphatic carboxylic acids is 1. The van der Waals surface area contributed by atoms with E-state index in [0.717, 1.165) is 31.2 Å². The number of carbonyl (C=O) groups excluding carboxylic acids is 1. The molecule has 2 bridgehead atoms. The van der Waals surface area contributed by atoms with Crippen molar-refractivity contribution in [3.8, 4) is 0 Å². The summed E-state index contributed by atoms with van der Waals surface area (Å²) >= 11 is 0. The van der Waals surface area contributed by atoms with Crippen molar-refractivity contribution in [2.75, 3.05) is 0 Å². The second kappa shape index (κ2) is 7.43. The van der Waals surface area contributed by atoms with E-state index in [4.69, 9.17) is 0 Å². The lowest BCUT2D eigenvalue weighted by Gasteiger charge is -2.64. The Labute approximate surface area is 192 Å². The Morgan fingerprint density at radius 3 is 2.50 bits per heavy atom. The van der Waals surface area contributed by atoms with Crippen LogP contribution in [0, 0.1) is 39.9 Å². The Kier molecular flexibility index (Phi) is 5.03. The van der Waals surface area contributed by atoms with E-state index in [1.54, 1.807) is 6.08 Å². The summed E-state index contributed by atoms with van der Waals surface area (Å²) in [5.41, 5.74) is 1.70. The maximum Gasteiger partial charge on any atom is 0.310 e. The van der Waals surface area contributed by atoms with Gasteiger partial charge >= 0.3 is 5.97 Å². The molecule has 0 aromatic heterocycles. The number of rotatable bonds is 4. The van der Waals surface area contributed by atoms with Crippen molar-refractivity contribution in [1.29, 1.82) is 0 Å². The van der Waals surface area contributed by atoms with Crippen LogP contribution in [0.15, 0.2) is 48.6 Å².